The number of H-pyrrole nitrogens is 1. The van der Waals surface area contributed by atoms with Crippen molar-refractivity contribution in [3.8, 4) is 0 Å². The quantitative estimate of drug-likeness (QED) is 0.663. The fraction of sp³-hybridized carbons (Fsp3) is 0.250. The summed E-state index contributed by atoms with van der Waals surface area (Å²) >= 11 is 0. The van der Waals surface area contributed by atoms with Gasteiger partial charge in [0, 0.05) is 12.7 Å². The van der Waals surface area contributed by atoms with Gasteiger partial charge in [-0.25, -0.2) is 4.98 Å². The second-order valence-electron chi connectivity index (χ2n) is 2.30. The molecule has 0 fully saturated rings. The van der Waals surface area contributed by atoms with E-state index in [9.17, 15) is 4.79 Å². The minimum Gasteiger partial charge on any atom is -0.316 e. The standard InChI is InChI=1S/C8H11N3O/c1-9-4-2-3-7-5-10-6-11-8(7)12/h2-3,5-6,9H,4H2,1H3,(H,10,11,12). The van der Waals surface area contributed by atoms with Crippen molar-refractivity contribution in [2.24, 2.45) is 0 Å². The van der Waals surface area contributed by atoms with Gasteiger partial charge in [0.05, 0.1) is 11.9 Å². The molecular formula is C8H11N3O. The summed E-state index contributed by atoms with van der Waals surface area (Å²) in [6.07, 6.45) is 6.51. The third-order valence-electron chi connectivity index (χ3n) is 1.37. The SMILES string of the molecule is CNCC=Cc1cnc[nH]c1=O. The molecular weight excluding hydrogens is 154 g/mol. The Hall–Kier alpha value is -1.42. The highest BCUT2D eigenvalue weighted by Crippen LogP contribution is 1.88. The summed E-state index contributed by atoms with van der Waals surface area (Å²) in [7, 11) is 1.85. The van der Waals surface area contributed by atoms with Crippen LogP contribution in [0.25, 0.3) is 6.08 Å². The first kappa shape index (κ1) is 8.67. The Morgan fingerprint density at radius 3 is 3.25 bits per heavy atom. The van der Waals surface area contributed by atoms with Gasteiger partial charge >= 0.3 is 0 Å². The van der Waals surface area contributed by atoms with Crippen LogP contribution in [0.2, 0.25) is 0 Å². The van der Waals surface area contributed by atoms with Gasteiger partial charge in [-0.05, 0) is 7.05 Å². The number of aromatic amines is 1. The molecule has 0 spiro atoms. The van der Waals surface area contributed by atoms with E-state index in [0.29, 0.717) is 5.56 Å². The summed E-state index contributed by atoms with van der Waals surface area (Å²) in [6, 6.07) is 0. The molecule has 0 saturated carbocycles. The predicted octanol–water partition coefficient (Wildman–Crippen LogP) is 0.00250. The van der Waals surface area contributed by atoms with Crippen molar-refractivity contribution in [1.29, 1.82) is 0 Å². The average molecular weight is 165 g/mol. The lowest BCUT2D eigenvalue weighted by Crippen LogP contribution is -2.09. The Kier molecular flexibility index (Phi) is 3.22. The molecule has 64 valence electrons. The lowest BCUT2D eigenvalue weighted by Gasteiger charge is -1.90. The molecule has 4 nitrogen and oxygen atoms in total. The Balaban J connectivity index is 2.76. The molecule has 1 rings (SSSR count). The first-order valence-electron chi connectivity index (χ1n) is 3.68. The summed E-state index contributed by atoms with van der Waals surface area (Å²) in [4.78, 5) is 17.3. The molecule has 0 unspecified atom stereocenters. The lowest BCUT2D eigenvalue weighted by atomic mass is 10.3. The molecule has 12 heavy (non-hydrogen) atoms. The number of hydrogen-bond acceptors (Lipinski definition) is 3. The Bertz CT molecular complexity index is 316. The van der Waals surface area contributed by atoms with Crippen LogP contribution in [0.3, 0.4) is 0 Å². The number of rotatable bonds is 3. The second-order valence-corrected chi connectivity index (χ2v) is 2.30. The zero-order valence-electron chi connectivity index (χ0n) is 6.87. The largest absolute Gasteiger partial charge is 0.316 e. The Labute approximate surface area is 70.4 Å². The maximum atomic E-state index is 11.0. The van der Waals surface area contributed by atoms with Crippen molar-refractivity contribution < 1.29 is 0 Å². The molecule has 4 heteroatoms. The van der Waals surface area contributed by atoms with E-state index in [1.807, 2.05) is 13.1 Å². The van der Waals surface area contributed by atoms with Gasteiger partial charge in [0.15, 0.2) is 0 Å². The number of likely N-dealkylation sites (N-methyl/N-ethyl adjacent to an activating group) is 1. The van der Waals surface area contributed by atoms with E-state index in [1.165, 1.54) is 12.5 Å². The van der Waals surface area contributed by atoms with Crippen LogP contribution in [-0.2, 0) is 0 Å². The van der Waals surface area contributed by atoms with Crippen molar-refractivity contribution in [1.82, 2.24) is 15.3 Å². The molecule has 0 aliphatic heterocycles. The molecule has 1 aromatic rings. The third kappa shape index (κ3) is 2.32. The normalized spacial score (nSPS) is 10.8. The van der Waals surface area contributed by atoms with Gasteiger partial charge in [-0.3, -0.25) is 4.79 Å². The summed E-state index contributed by atoms with van der Waals surface area (Å²) in [5.41, 5.74) is 0.463. The molecule has 1 heterocycles. The average Bonchev–Trinajstić information content (AvgIpc) is 2.09. The highest BCUT2D eigenvalue weighted by molar-refractivity contribution is 5.46. The first-order chi connectivity index (χ1) is 5.84. The number of aromatic nitrogens is 2. The summed E-state index contributed by atoms with van der Waals surface area (Å²) < 4.78 is 0. The fourth-order valence-corrected chi connectivity index (χ4v) is 0.778. The molecule has 0 atom stereocenters. The monoisotopic (exact) mass is 165 g/mol. The minimum atomic E-state index is -0.114. The van der Waals surface area contributed by atoms with Gasteiger partial charge in [-0.2, -0.15) is 0 Å². The van der Waals surface area contributed by atoms with E-state index in [-0.39, 0.29) is 5.56 Å². The number of hydrogen-bond donors (Lipinski definition) is 2. The smallest absolute Gasteiger partial charge is 0.257 e. The summed E-state index contributed by atoms with van der Waals surface area (Å²) in [5.74, 6) is 0. The topological polar surface area (TPSA) is 57.8 Å². The van der Waals surface area contributed by atoms with Crippen LogP contribution in [0.1, 0.15) is 5.56 Å². The van der Waals surface area contributed by atoms with Gasteiger partial charge in [0.1, 0.15) is 0 Å². The van der Waals surface area contributed by atoms with E-state index in [0.717, 1.165) is 6.54 Å². The highest BCUT2D eigenvalue weighted by atomic mass is 16.1. The Morgan fingerprint density at radius 1 is 1.75 bits per heavy atom. The minimum absolute atomic E-state index is 0.114. The second kappa shape index (κ2) is 4.46. The molecule has 1 aromatic heterocycles. The maximum Gasteiger partial charge on any atom is 0.257 e. The van der Waals surface area contributed by atoms with Crippen molar-refractivity contribution in [2.75, 3.05) is 13.6 Å². The molecule has 0 aliphatic rings. The number of nitrogens with one attached hydrogen (secondary N) is 2. The number of nitrogens with zero attached hydrogens (tertiary/aromatic N) is 1. The lowest BCUT2D eigenvalue weighted by molar-refractivity contribution is 0.922. The predicted molar refractivity (Wildman–Crippen MR) is 47.8 cm³/mol. The van der Waals surface area contributed by atoms with E-state index in [2.05, 4.69) is 15.3 Å². The van der Waals surface area contributed by atoms with Crippen LogP contribution < -0.4 is 10.9 Å². The molecule has 0 saturated heterocycles. The van der Waals surface area contributed by atoms with Gasteiger partial charge < -0.3 is 10.3 Å². The molecule has 0 bridgehead atoms. The molecule has 0 aromatic carbocycles. The van der Waals surface area contributed by atoms with Gasteiger partial charge in [-0.1, -0.05) is 12.2 Å². The van der Waals surface area contributed by atoms with Crippen molar-refractivity contribution >= 4 is 6.08 Å². The first-order valence-corrected chi connectivity index (χ1v) is 3.68. The maximum absolute atomic E-state index is 11.0. The van der Waals surface area contributed by atoms with Crippen molar-refractivity contribution in [3.63, 3.8) is 0 Å². The molecule has 0 amide bonds. The van der Waals surface area contributed by atoms with Crippen LogP contribution in [-0.4, -0.2) is 23.6 Å². The summed E-state index contributed by atoms with van der Waals surface area (Å²) in [6.45, 7) is 0.744. The highest BCUT2D eigenvalue weighted by Gasteiger charge is 1.90. The summed E-state index contributed by atoms with van der Waals surface area (Å²) in [5, 5.41) is 2.94. The van der Waals surface area contributed by atoms with Gasteiger partial charge in [-0.15, -0.1) is 0 Å². The van der Waals surface area contributed by atoms with E-state index in [4.69, 9.17) is 0 Å². The molecule has 0 radical (unpaired) electrons. The van der Waals surface area contributed by atoms with Crippen molar-refractivity contribution in [3.05, 3.63) is 34.5 Å². The van der Waals surface area contributed by atoms with Crippen LogP contribution in [0, 0.1) is 0 Å². The zero-order valence-corrected chi connectivity index (χ0v) is 6.87. The molecule has 0 aliphatic carbocycles. The molecule has 2 N–H and O–H groups in total. The van der Waals surface area contributed by atoms with Crippen molar-refractivity contribution in [2.45, 2.75) is 0 Å². The zero-order chi connectivity index (χ0) is 8.81. The van der Waals surface area contributed by atoms with Crippen LogP contribution >= 0.6 is 0 Å². The van der Waals surface area contributed by atoms with E-state index >= 15 is 0 Å². The third-order valence-corrected chi connectivity index (χ3v) is 1.37. The van der Waals surface area contributed by atoms with Gasteiger partial charge in [0.2, 0.25) is 0 Å². The fourth-order valence-electron chi connectivity index (χ4n) is 0.778. The van der Waals surface area contributed by atoms with Crippen LogP contribution in [0.5, 0.6) is 0 Å². The van der Waals surface area contributed by atoms with E-state index in [1.54, 1.807) is 6.08 Å². The van der Waals surface area contributed by atoms with Crippen LogP contribution in [0.4, 0.5) is 0 Å². The van der Waals surface area contributed by atoms with E-state index < -0.39 is 0 Å². The van der Waals surface area contributed by atoms with Gasteiger partial charge in [0.25, 0.3) is 5.56 Å². The van der Waals surface area contributed by atoms with Crippen LogP contribution in [0.15, 0.2) is 23.4 Å². The Morgan fingerprint density at radius 2 is 2.58 bits per heavy atom.